The van der Waals surface area contributed by atoms with Crippen LogP contribution in [0.3, 0.4) is 0 Å². The molecule has 0 saturated heterocycles. The van der Waals surface area contributed by atoms with Gasteiger partial charge < -0.3 is 0 Å². The molecule has 3 heterocycles. The Labute approximate surface area is 133 Å². The fourth-order valence-electron chi connectivity index (χ4n) is 2.74. The second kappa shape index (κ2) is 5.35. The van der Waals surface area contributed by atoms with Gasteiger partial charge in [0.1, 0.15) is 11.9 Å². The van der Waals surface area contributed by atoms with Crippen LogP contribution in [0.25, 0.3) is 16.3 Å². The van der Waals surface area contributed by atoms with E-state index in [0.717, 1.165) is 6.54 Å². The van der Waals surface area contributed by atoms with Gasteiger partial charge in [-0.2, -0.15) is 4.57 Å². The van der Waals surface area contributed by atoms with Gasteiger partial charge in [0.25, 0.3) is 0 Å². The number of benzene rings is 1. The zero-order valence-corrected chi connectivity index (χ0v) is 13.6. The molecule has 0 radical (unpaired) electrons. The molecule has 106 valence electrons. The van der Waals surface area contributed by atoms with Gasteiger partial charge in [-0.25, -0.2) is 4.57 Å². The average Bonchev–Trinajstić information content (AvgIpc) is 3.15. The minimum atomic E-state index is 1.12. The molecule has 0 saturated carbocycles. The van der Waals surface area contributed by atoms with Crippen LogP contribution in [0.2, 0.25) is 0 Å². The van der Waals surface area contributed by atoms with E-state index in [1.807, 2.05) is 23.1 Å². The average molecular weight is 313 g/mol. The SMILES string of the molecule is Cc1ccc(-n2cc(-c3cccs3)[n+]3c2SCCC3)cc1. The third-order valence-corrected chi connectivity index (χ3v) is 5.88. The maximum atomic E-state index is 2.47. The Morgan fingerprint density at radius 2 is 2.00 bits per heavy atom. The number of thiophene rings is 1. The van der Waals surface area contributed by atoms with Crippen LogP contribution in [0.5, 0.6) is 0 Å². The molecule has 0 fully saturated rings. The summed E-state index contributed by atoms with van der Waals surface area (Å²) in [6.45, 7) is 3.25. The minimum Gasteiger partial charge on any atom is -0.216 e. The van der Waals surface area contributed by atoms with Crippen molar-refractivity contribution in [1.82, 2.24) is 4.57 Å². The molecule has 2 nitrogen and oxygen atoms in total. The Bertz CT molecular complexity index is 755. The van der Waals surface area contributed by atoms with E-state index in [2.05, 4.69) is 64.0 Å². The van der Waals surface area contributed by atoms with Crippen molar-refractivity contribution in [2.75, 3.05) is 5.75 Å². The van der Waals surface area contributed by atoms with Crippen molar-refractivity contribution < 1.29 is 4.57 Å². The van der Waals surface area contributed by atoms with Gasteiger partial charge in [0.15, 0.2) is 5.69 Å². The molecule has 3 aromatic rings. The van der Waals surface area contributed by atoms with Crippen molar-refractivity contribution in [3.8, 4) is 16.3 Å². The van der Waals surface area contributed by atoms with E-state index in [-0.39, 0.29) is 0 Å². The summed E-state index contributed by atoms with van der Waals surface area (Å²) in [4.78, 5) is 1.35. The van der Waals surface area contributed by atoms with Crippen molar-refractivity contribution in [2.24, 2.45) is 0 Å². The third-order valence-electron chi connectivity index (χ3n) is 3.82. The first-order chi connectivity index (χ1) is 10.3. The Hall–Kier alpha value is -1.52. The lowest BCUT2D eigenvalue weighted by Crippen LogP contribution is -2.39. The van der Waals surface area contributed by atoms with Crippen LogP contribution >= 0.6 is 23.1 Å². The van der Waals surface area contributed by atoms with Gasteiger partial charge in [0, 0.05) is 5.75 Å². The lowest BCUT2D eigenvalue weighted by Gasteiger charge is -2.10. The molecule has 4 rings (SSSR count). The van der Waals surface area contributed by atoms with E-state index in [1.54, 1.807) is 0 Å². The predicted octanol–water partition coefficient (Wildman–Crippen LogP) is 4.30. The molecule has 21 heavy (non-hydrogen) atoms. The van der Waals surface area contributed by atoms with E-state index in [9.17, 15) is 0 Å². The van der Waals surface area contributed by atoms with E-state index in [4.69, 9.17) is 0 Å². The van der Waals surface area contributed by atoms with Crippen LogP contribution in [0, 0.1) is 6.92 Å². The summed E-state index contributed by atoms with van der Waals surface area (Å²) in [5.41, 5.74) is 3.90. The Morgan fingerprint density at radius 3 is 2.76 bits per heavy atom. The summed E-state index contributed by atoms with van der Waals surface area (Å²) in [7, 11) is 0. The monoisotopic (exact) mass is 313 g/mol. The van der Waals surface area contributed by atoms with Crippen molar-refractivity contribution in [2.45, 2.75) is 25.0 Å². The Morgan fingerprint density at radius 1 is 1.14 bits per heavy atom. The summed E-state index contributed by atoms with van der Waals surface area (Å²) >= 11 is 3.78. The predicted molar refractivity (Wildman–Crippen MR) is 89.4 cm³/mol. The molecule has 0 aliphatic carbocycles. The van der Waals surface area contributed by atoms with Crippen molar-refractivity contribution in [3.63, 3.8) is 0 Å². The van der Waals surface area contributed by atoms with E-state index in [1.165, 1.54) is 39.2 Å². The molecule has 1 aliphatic rings. The number of aryl methyl sites for hydroxylation is 1. The second-order valence-corrected chi connectivity index (χ2v) is 7.34. The molecule has 0 unspecified atom stereocenters. The fourth-order valence-corrected chi connectivity index (χ4v) is 4.58. The van der Waals surface area contributed by atoms with Gasteiger partial charge in [0.05, 0.1) is 11.4 Å². The van der Waals surface area contributed by atoms with Crippen LogP contribution in [-0.4, -0.2) is 10.3 Å². The molecule has 0 bridgehead atoms. The molecule has 2 aromatic heterocycles. The highest BCUT2D eigenvalue weighted by Crippen LogP contribution is 2.30. The third kappa shape index (κ3) is 2.32. The first-order valence-corrected chi connectivity index (χ1v) is 9.08. The Balaban J connectivity index is 1.89. The standard InChI is InChI=1S/C17H17N2S2/c1-13-5-7-14(8-6-13)19-12-15(16-4-2-10-20-16)18-9-3-11-21-17(18)19/h2,4-8,10,12H,3,9,11H2,1H3/q+1. The molecule has 1 aromatic carbocycles. The van der Waals surface area contributed by atoms with Gasteiger partial charge in [-0.15, -0.1) is 11.3 Å². The lowest BCUT2D eigenvalue weighted by atomic mass is 10.2. The normalized spacial score (nSPS) is 14.1. The van der Waals surface area contributed by atoms with Gasteiger partial charge >= 0.3 is 5.16 Å². The molecule has 0 N–H and O–H groups in total. The lowest BCUT2D eigenvalue weighted by molar-refractivity contribution is -0.724. The quantitative estimate of drug-likeness (QED) is 0.641. The first kappa shape index (κ1) is 13.2. The molecular weight excluding hydrogens is 296 g/mol. The maximum Gasteiger partial charge on any atom is 0.323 e. The minimum absolute atomic E-state index is 1.12. The molecular formula is C17H17N2S2+. The second-order valence-electron chi connectivity index (χ2n) is 5.33. The number of aromatic nitrogens is 2. The van der Waals surface area contributed by atoms with Crippen LogP contribution in [0.15, 0.2) is 53.1 Å². The number of nitrogens with zero attached hydrogens (tertiary/aromatic N) is 2. The summed E-state index contributed by atoms with van der Waals surface area (Å²) in [6.07, 6.45) is 3.54. The summed E-state index contributed by atoms with van der Waals surface area (Å²) in [5.74, 6) is 1.21. The van der Waals surface area contributed by atoms with E-state index in [0.29, 0.717) is 0 Å². The van der Waals surface area contributed by atoms with Crippen molar-refractivity contribution in [1.29, 1.82) is 0 Å². The summed E-state index contributed by atoms with van der Waals surface area (Å²) < 4.78 is 4.82. The highest BCUT2D eigenvalue weighted by molar-refractivity contribution is 7.99. The van der Waals surface area contributed by atoms with Gasteiger partial charge in [-0.1, -0.05) is 23.8 Å². The van der Waals surface area contributed by atoms with Gasteiger partial charge in [-0.3, -0.25) is 0 Å². The summed E-state index contributed by atoms with van der Waals surface area (Å²) in [5, 5.41) is 3.51. The number of hydrogen-bond acceptors (Lipinski definition) is 2. The van der Waals surface area contributed by atoms with Crippen LogP contribution in [0.4, 0.5) is 0 Å². The Kier molecular flexibility index (Phi) is 3.36. The maximum absolute atomic E-state index is 2.47. The fraction of sp³-hybridized carbons (Fsp3) is 0.235. The highest BCUT2D eigenvalue weighted by atomic mass is 32.2. The summed E-state index contributed by atoms with van der Waals surface area (Å²) in [6, 6.07) is 13.1. The molecule has 4 heteroatoms. The molecule has 0 spiro atoms. The van der Waals surface area contributed by atoms with Crippen LogP contribution in [-0.2, 0) is 6.54 Å². The number of imidazole rings is 1. The smallest absolute Gasteiger partial charge is 0.216 e. The molecule has 1 aliphatic heterocycles. The zero-order valence-electron chi connectivity index (χ0n) is 12.0. The van der Waals surface area contributed by atoms with Crippen LogP contribution in [0.1, 0.15) is 12.0 Å². The van der Waals surface area contributed by atoms with Gasteiger partial charge in [-0.05, 0) is 48.7 Å². The van der Waals surface area contributed by atoms with Crippen molar-refractivity contribution in [3.05, 3.63) is 53.5 Å². The number of fused-ring (bicyclic) bond motifs is 1. The van der Waals surface area contributed by atoms with E-state index >= 15 is 0 Å². The molecule has 0 amide bonds. The largest absolute Gasteiger partial charge is 0.323 e. The number of thioether (sulfide) groups is 1. The van der Waals surface area contributed by atoms with Crippen molar-refractivity contribution >= 4 is 23.1 Å². The first-order valence-electron chi connectivity index (χ1n) is 7.22. The highest BCUT2D eigenvalue weighted by Gasteiger charge is 2.28. The number of hydrogen-bond donors (Lipinski definition) is 0. The zero-order chi connectivity index (χ0) is 14.2. The molecule has 0 atom stereocenters. The van der Waals surface area contributed by atoms with Gasteiger partial charge in [0.2, 0.25) is 0 Å². The van der Waals surface area contributed by atoms with E-state index < -0.39 is 0 Å². The topological polar surface area (TPSA) is 8.81 Å². The number of rotatable bonds is 2. The van der Waals surface area contributed by atoms with Crippen LogP contribution < -0.4 is 4.57 Å².